The first-order valence-electron chi connectivity index (χ1n) is 9.52. The van der Waals surface area contributed by atoms with Gasteiger partial charge in [-0.3, -0.25) is 9.36 Å². The normalized spacial score (nSPS) is 10.6. The van der Waals surface area contributed by atoms with Crippen molar-refractivity contribution in [2.24, 2.45) is 0 Å². The Morgan fingerprint density at radius 1 is 1.20 bits per heavy atom. The number of hydrogen-bond donors (Lipinski definition) is 1. The van der Waals surface area contributed by atoms with Crippen LogP contribution in [0.5, 0.6) is 5.75 Å². The number of benzene rings is 2. The molecule has 0 bridgehead atoms. The van der Waals surface area contributed by atoms with Crippen molar-refractivity contribution in [1.82, 2.24) is 14.8 Å². The maximum atomic E-state index is 12.3. The Kier molecular flexibility index (Phi) is 7.93. The summed E-state index contributed by atoms with van der Waals surface area (Å²) in [6, 6.07) is 15.0. The maximum absolute atomic E-state index is 12.3. The molecular formula is C22H23ClN4O2S. The van der Waals surface area contributed by atoms with Crippen LogP contribution in [0.1, 0.15) is 18.3 Å². The number of allylic oxidation sites excluding steroid dienone is 1. The number of amides is 1. The summed E-state index contributed by atoms with van der Waals surface area (Å²) < 4.78 is 7.65. The molecule has 0 radical (unpaired) electrons. The minimum absolute atomic E-state index is 0.101. The lowest BCUT2D eigenvalue weighted by Gasteiger charge is -2.09. The van der Waals surface area contributed by atoms with Gasteiger partial charge < -0.3 is 10.1 Å². The Bertz CT molecular complexity index is 987. The molecule has 1 N–H and O–H groups in total. The van der Waals surface area contributed by atoms with Crippen molar-refractivity contribution in [2.45, 2.75) is 31.7 Å². The third-order valence-electron chi connectivity index (χ3n) is 4.27. The summed E-state index contributed by atoms with van der Waals surface area (Å²) in [5.74, 6) is 1.47. The Balaban J connectivity index is 1.58. The number of nitrogens with one attached hydrogen (secondary N) is 1. The first kappa shape index (κ1) is 21.9. The fraction of sp³-hybridized carbons (Fsp3) is 0.227. The molecule has 8 heteroatoms. The molecule has 0 aliphatic rings. The van der Waals surface area contributed by atoms with E-state index < -0.39 is 0 Å². The Morgan fingerprint density at radius 2 is 1.93 bits per heavy atom. The van der Waals surface area contributed by atoms with E-state index in [4.69, 9.17) is 16.3 Å². The summed E-state index contributed by atoms with van der Waals surface area (Å²) >= 11 is 7.22. The highest BCUT2D eigenvalue weighted by Crippen LogP contribution is 2.20. The van der Waals surface area contributed by atoms with E-state index in [9.17, 15) is 4.79 Å². The van der Waals surface area contributed by atoms with Gasteiger partial charge in [-0.2, -0.15) is 0 Å². The lowest BCUT2D eigenvalue weighted by atomic mass is 10.1. The number of thioether (sulfide) groups is 1. The van der Waals surface area contributed by atoms with E-state index in [-0.39, 0.29) is 18.3 Å². The molecule has 0 unspecified atom stereocenters. The lowest BCUT2D eigenvalue weighted by Crippen LogP contribution is -2.15. The second-order valence-electron chi connectivity index (χ2n) is 6.43. The van der Waals surface area contributed by atoms with E-state index in [1.165, 1.54) is 17.3 Å². The van der Waals surface area contributed by atoms with Crippen molar-refractivity contribution in [3.05, 3.63) is 77.6 Å². The number of anilines is 1. The average Bonchev–Trinajstić information content (AvgIpc) is 3.14. The van der Waals surface area contributed by atoms with Gasteiger partial charge in [0.25, 0.3) is 0 Å². The number of aryl methyl sites for hydroxylation is 1. The molecule has 1 amide bonds. The molecule has 0 saturated heterocycles. The molecule has 1 heterocycles. The fourth-order valence-electron chi connectivity index (χ4n) is 2.67. The van der Waals surface area contributed by atoms with E-state index in [1.807, 2.05) is 28.8 Å². The second kappa shape index (κ2) is 10.8. The molecule has 3 rings (SSSR count). The van der Waals surface area contributed by atoms with E-state index in [0.717, 1.165) is 12.1 Å². The molecule has 0 aliphatic carbocycles. The molecule has 1 aromatic heterocycles. The van der Waals surface area contributed by atoms with Gasteiger partial charge in [-0.1, -0.05) is 48.5 Å². The second-order valence-corrected chi connectivity index (χ2v) is 7.81. The van der Waals surface area contributed by atoms with Crippen LogP contribution in [0.2, 0.25) is 5.02 Å². The highest BCUT2D eigenvalue weighted by atomic mass is 35.5. The van der Waals surface area contributed by atoms with Crippen molar-refractivity contribution in [2.75, 3.05) is 11.1 Å². The van der Waals surface area contributed by atoms with Gasteiger partial charge in [0.05, 0.1) is 5.75 Å². The molecule has 0 saturated carbocycles. The summed E-state index contributed by atoms with van der Waals surface area (Å²) in [4.78, 5) is 12.3. The summed E-state index contributed by atoms with van der Waals surface area (Å²) in [5, 5.41) is 12.6. The highest BCUT2D eigenvalue weighted by molar-refractivity contribution is 7.99. The Labute approximate surface area is 185 Å². The van der Waals surface area contributed by atoms with Crippen molar-refractivity contribution < 1.29 is 9.53 Å². The zero-order valence-electron chi connectivity index (χ0n) is 16.7. The number of carbonyl (C=O) groups is 1. The van der Waals surface area contributed by atoms with Gasteiger partial charge in [-0.25, -0.2) is 0 Å². The number of carbonyl (C=O) groups excluding carboxylic acids is 1. The molecule has 0 fully saturated rings. The SMILES string of the molecule is C=CCn1c(COc2ccc(Cl)cc2)nnc1SCC(=O)Nc1ccc(CC)cc1. The fourth-order valence-corrected chi connectivity index (χ4v) is 3.57. The van der Waals surface area contributed by atoms with Gasteiger partial charge in [0.1, 0.15) is 12.4 Å². The van der Waals surface area contributed by atoms with Crippen LogP contribution in [0.3, 0.4) is 0 Å². The number of nitrogens with zero attached hydrogens (tertiary/aromatic N) is 3. The Morgan fingerprint density at radius 3 is 2.60 bits per heavy atom. The molecule has 0 spiro atoms. The molecule has 6 nitrogen and oxygen atoms in total. The lowest BCUT2D eigenvalue weighted by molar-refractivity contribution is -0.113. The third kappa shape index (κ3) is 6.11. The van der Waals surface area contributed by atoms with Crippen LogP contribution in [0.4, 0.5) is 5.69 Å². The summed E-state index contributed by atoms with van der Waals surface area (Å²) in [7, 11) is 0. The zero-order chi connectivity index (χ0) is 21.3. The largest absolute Gasteiger partial charge is 0.486 e. The minimum atomic E-state index is -0.101. The number of halogens is 1. The predicted octanol–water partition coefficient (Wildman–Crippen LogP) is 4.99. The Hall–Kier alpha value is -2.77. The van der Waals surface area contributed by atoms with Crippen LogP contribution in [0, 0.1) is 0 Å². The van der Waals surface area contributed by atoms with Crippen LogP contribution >= 0.6 is 23.4 Å². The predicted molar refractivity (Wildman–Crippen MR) is 121 cm³/mol. The smallest absolute Gasteiger partial charge is 0.234 e. The molecule has 30 heavy (non-hydrogen) atoms. The standard InChI is InChI=1S/C22H23ClN4O2S/c1-3-13-27-20(14-29-19-11-7-17(23)8-12-19)25-26-22(27)30-15-21(28)24-18-9-5-16(4-2)6-10-18/h3,5-12H,1,4,13-15H2,2H3,(H,24,28). The van der Waals surface area contributed by atoms with Crippen LogP contribution in [-0.2, 0) is 24.4 Å². The summed E-state index contributed by atoms with van der Waals surface area (Å²) in [5.41, 5.74) is 2.01. The topological polar surface area (TPSA) is 69.0 Å². The first-order chi connectivity index (χ1) is 14.6. The van der Waals surface area contributed by atoms with E-state index in [0.29, 0.717) is 28.3 Å². The maximum Gasteiger partial charge on any atom is 0.234 e. The van der Waals surface area contributed by atoms with Gasteiger partial charge >= 0.3 is 0 Å². The minimum Gasteiger partial charge on any atom is -0.486 e. The van der Waals surface area contributed by atoms with Crippen LogP contribution in [-0.4, -0.2) is 26.4 Å². The van der Waals surface area contributed by atoms with Gasteiger partial charge in [-0.05, 0) is 48.4 Å². The van der Waals surface area contributed by atoms with Gasteiger partial charge in [0.2, 0.25) is 5.91 Å². The first-order valence-corrected chi connectivity index (χ1v) is 10.9. The molecule has 0 aliphatic heterocycles. The van der Waals surface area contributed by atoms with Gasteiger partial charge in [0.15, 0.2) is 11.0 Å². The molecule has 156 valence electrons. The number of aromatic nitrogens is 3. The van der Waals surface area contributed by atoms with E-state index >= 15 is 0 Å². The monoisotopic (exact) mass is 442 g/mol. The number of rotatable bonds is 10. The van der Waals surface area contributed by atoms with Gasteiger partial charge in [0, 0.05) is 17.3 Å². The summed E-state index contributed by atoms with van der Waals surface area (Å²) in [6.45, 7) is 6.66. The third-order valence-corrected chi connectivity index (χ3v) is 5.48. The zero-order valence-corrected chi connectivity index (χ0v) is 18.2. The molecule has 2 aromatic carbocycles. The molecule has 3 aromatic rings. The average molecular weight is 443 g/mol. The molecular weight excluding hydrogens is 420 g/mol. The highest BCUT2D eigenvalue weighted by Gasteiger charge is 2.14. The van der Waals surface area contributed by atoms with Crippen LogP contribution in [0.15, 0.2) is 66.3 Å². The number of ether oxygens (including phenoxy) is 1. The van der Waals surface area contributed by atoms with Gasteiger partial charge in [-0.15, -0.1) is 16.8 Å². The van der Waals surface area contributed by atoms with Crippen LogP contribution < -0.4 is 10.1 Å². The van der Waals surface area contributed by atoms with Crippen molar-refractivity contribution in [3.63, 3.8) is 0 Å². The number of hydrogen-bond acceptors (Lipinski definition) is 5. The van der Waals surface area contributed by atoms with E-state index in [1.54, 1.807) is 30.3 Å². The van der Waals surface area contributed by atoms with Crippen LogP contribution in [0.25, 0.3) is 0 Å². The quantitative estimate of drug-likeness (QED) is 0.354. The summed E-state index contributed by atoms with van der Waals surface area (Å²) in [6.07, 6.45) is 2.72. The van der Waals surface area contributed by atoms with Crippen molar-refractivity contribution in [3.8, 4) is 5.75 Å². The van der Waals surface area contributed by atoms with E-state index in [2.05, 4.69) is 29.0 Å². The van der Waals surface area contributed by atoms with Crippen molar-refractivity contribution in [1.29, 1.82) is 0 Å². The molecule has 0 atom stereocenters. The van der Waals surface area contributed by atoms with Crippen molar-refractivity contribution >= 4 is 35.0 Å².